The summed E-state index contributed by atoms with van der Waals surface area (Å²) in [6, 6.07) is 0. The number of nitrogens with zero attached hydrogens (tertiary/aromatic N) is 1. The van der Waals surface area contributed by atoms with Gasteiger partial charge in [-0.1, -0.05) is 13.3 Å². The maximum Gasteiger partial charge on any atom is 0.410 e. The van der Waals surface area contributed by atoms with Crippen molar-refractivity contribution in [3.63, 3.8) is 0 Å². The summed E-state index contributed by atoms with van der Waals surface area (Å²) >= 11 is 5.71. The summed E-state index contributed by atoms with van der Waals surface area (Å²) in [5.41, 5.74) is -1.09. The molecular formula is C13H22ClNO3. The molecule has 18 heavy (non-hydrogen) atoms. The number of likely N-dealkylation sites (tertiary alicyclic amines) is 1. The van der Waals surface area contributed by atoms with Crippen LogP contribution in [0.1, 0.15) is 47.0 Å². The molecule has 4 nitrogen and oxygen atoms in total. The van der Waals surface area contributed by atoms with Crippen LogP contribution in [0.25, 0.3) is 0 Å². The molecule has 1 rings (SSSR count). The van der Waals surface area contributed by atoms with Gasteiger partial charge < -0.3 is 9.64 Å². The summed E-state index contributed by atoms with van der Waals surface area (Å²) < 4.78 is 5.31. The van der Waals surface area contributed by atoms with E-state index in [0.29, 0.717) is 25.9 Å². The molecule has 1 atom stereocenters. The normalized spacial score (nSPS) is 24.2. The lowest BCUT2D eigenvalue weighted by Gasteiger charge is -2.27. The Bertz CT molecular complexity index is 338. The standard InChI is InChI=1S/C13H22ClNO3/c1-5-6-13(10(14)16)7-8-15(9-13)11(17)18-12(2,3)4/h5-9H2,1-4H3. The number of halogens is 1. The third kappa shape index (κ3) is 3.61. The van der Waals surface area contributed by atoms with Crippen LogP contribution in [-0.2, 0) is 9.53 Å². The predicted octanol–water partition coefficient (Wildman–Crippen LogP) is 3.18. The van der Waals surface area contributed by atoms with Gasteiger partial charge in [-0.25, -0.2) is 4.79 Å². The quantitative estimate of drug-likeness (QED) is 0.743. The van der Waals surface area contributed by atoms with Crippen LogP contribution in [0.3, 0.4) is 0 Å². The molecule has 1 heterocycles. The fourth-order valence-corrected chi connectivity index (χ4v) is 2.54. The van der Waals surface area contributed by atoms with E-state index in [-0.39, 0.29) is 11.3 Å². The molecule has 0 aromatic heterocycles. The Morgan fingerprint density at radius 3 is 2.44 bits per heavy atom. The third-order valence-electron chi connectivity index (χ3n) is 3.15. The summed E-state index contributed by atoms with van der Waals surface area (Å²) in [4.78, 5) is 25.1. The van der Waals surface area contributed by atoms with E-state index in [1.54, 1.807) is 4.90 Å². The molecule has 1 saturated heterocycles. The van der Waals surface area contributed by atoms with Crippen molar-refractivity contribution in [2.45, 2.75) is 52.6 Å². The summed E-state index contributed by atoms with van der Waals surface area (Å²) in [7, 11) is 0. The van der Waals surface area contributed by atoms with E-state index in [9.17, 15) is 9.59 Å². The molecule has 0 bridgehead atoms. The van der Waals surface area contributed by atoms with Gasteiger partial charge in [-0.3, -0.25) is 4.79 Å². The molecule has 0 spiro atoms. The van der Waals surface area contributed by atoms with Crippen molar-refractivity contribution in [2.24, 2.45) is 5.41 Å². The minimum atomic E-state index is -0.576. The smallest absolute Gasteiger partial charge is 0.410 e. The molecule has 1 aliphatic rings. The summed E-state index contributed by atoms with van der Waals surface area (Å²) in [6.45, 7) is 8.40. The third-order valence-corrected chi connectivity index (χ3v) is 3.55. The molecule has 0 aromatic carbocycles. The first-order valence-corrected chi connectivity index (χ1v) is 6.76. The van der Waals surface area contributed by atoms with Crippen molar-refractivity contribution in [3.8, 4) is 0 Å². The first-order chi connectivity index (χ1) is 8.20. The topological polar surface area (TPSA) is 46.6 Å². The number of rotatable bonds is 3. The van der Waals surface area contributed by atoms with Gasteiger partial charge in [0.2, 0.25) is 5.24 Å². The zero-order valence-corrected chi connectivity index (χ0v) is 12.3. The Balaban J connectivity index is 2.69. The number of carbonyl (C=O) groups excluding carboxylic acids is 2. The molecule has 5 heteroatoms. The molecule has 1 amide bonds. The molecule has 1 fully saturated rings. The zero-order valence-electron chi connectivity index (χ0n) is 11.6. The van der Waals surface area contributed by atoms with Crippen molar-refractivity contribution in [2.75, 3.05) is 13.1 Å². The molecule has 0 aromatic rings. The molecule has 1 unspecified atom stereocenters. The van der Waals surface area contributed by atoms with Gasteiger partial charge in [0.25, 0.3) is 0 Å². The lowest BCUT2D eigenvalue weighted by Crippen LogP contribution is -2.38. The van der Waals surface area contributed by atoms with E-state index in [1.165, 1.54) is 0 Å². The van der Waals surface area contributed by atoms with E-state index in [1.807, 2.05) is 27.7 Å². The Morgan fingerprint density at radius 1 is 1.39 bits per heavy atom. The van der Waals surface area contributed by atoms with Crippen LogP contribution in [0.2, 0.25) is 0 Å². The van der Waals surface area contributed by atoms with Gasteiger partial charge in [-0.15, -0.1) is 0 Å². The van der Waals surface area contributed by atoms with E-state index < -0.39 is 11.0 Å². The predicted molar refractivity (Wildman–Crippen MR) is 70.6 cm³/mol. The first kappa shape index (κ1) is 15.3. The number of amides is 1. The summed E-state index contributed by atoms with van der Waals surface area (Å²) in [5.74, 6) is 0. The van der Waals surface area contributed by atoms with Gasteiger partial charge >= 0.3 is 6.09 Å². The second kappa shape index (κ2) is 5.47. The lowest BCUT2D eigenvalue weighted by atomic mass is 9.84. The van der Waals surface area contributed by atoms with Crippen LogP contribution in [0.5, 0.6) is 0 Å². The van der Waals surface area contributed by atoms with Crippen molar-refractivity contribution < 1.29 is 14.3 Å². The largest absolute Gasteiger partial charge is 0.444 e. The minimum Gasteiger partial charge on any atom is -0.444 e. The summed E-state index contributed by atoms with van der Waals surface area (Å²) in [5, 5.41) is -0.338. The van der Waals surface area contributed by atoms with E-state index >= 15 is 0 Å². The second-order valence-corrected chi connectivity index (χ2v) is 6.30. The van der Waals surface area contributed by atoms with Gasteiger partial charge in [-0.05, 0) is 45.2 Å². The van der Waals surface area contributed by atoms with E-state index in [4.69, 9.17) is 16.3 Å². The molecule has 0 radical (unpaired) electrons. The fraction of sp³-hybridized carbons (Fsp3) is 0.846. The Kier molecular flexibility index (Phi) is 4.65. The van der Waals surface area contributed by atoms with Gasteiger partial charge in [-0.2, -0.15) is 0 Å². The van der Waals surface area contributed by atoms with Crippen LogP contribution in [0.15, 0.2) is 0 Å². The molecule has 0 aliphatic carbocycles. The fourth-order valence-electron chi connectivity index (χ4n) is 2.30. The van der Waals surface area contributed by atoms with Gasteiger partial charge in [0.1, 0.15) is 5.60 Å². The molecule has 0 N–H and O–H groups in total. The zero-order chi connectivity index (χ0) is 14.0. The molecule has 104 valence electrons. The Morgan fingerprint density at radius 2 is 2.00 bits per heavy atom. The SMILES string of the molecule is CCCC1(C(=O)Cl)CCN(C(=O)OC(C)(C)C)C1. The Hall–Kier alpha value is -0.770. The molecule has 1 aliphatic heterocycles. The number of hydrogen-bond donors (Lipinski definition) is 0. The van der Waals surface area contributed by atoms with Crippen LogP contribution in [0.4, 0.5) is 4.79 Å². The highest BCUT2D eigenvalue weighted by Crippen LogP contribution is 2.37. The van der Waals surface area contributed by atoms with Crippen LogP contribution in [-0.4, -0.2) is 34.9 Å². The van der Waals surface area contributed by atoms with Crippen molar-refractivity contribution in [1.82, 2.24) is 4.90 Å². The maximum absolute atomic E-state index is 11.9. The lowest BCUT2D eigenvalue weighted by molar-refractivity contribution is -0.120. The highest BCUT2D eigenvalue weighted by molar-refractivity contribution is 6.64. The summed E-state index contributed by atoms with van der Waals surface area (Å²) in [6.07, 6.45) is 1.86. The number of ether oxygens (including phenoxy) is 1. The number of carbonyl (C=O) groups is 2. The Labute approximate surface area is 114 Å². The van der Waals surface area contributed by atoms with Crippen LogP contribution in [0, 0.1) is 5.41 Å². The second-order valence-electron chi connectivity index (χ2n) is 5.96. The first-order valence-electron chi connectivity index (χ1n) is 6.38. The van der Waals surface area contributed by atoms with Crippen LogP contribution >= 0.6 is 11.6 Å². The maximum atomic E-state index is 11.9. The molecular weight excluding hydrogens is 254 g/mol. The average Bonchev–Trinajstić information content (AvgIpc) is 2.61. The van der Waals surface area contributed by atoms with Crippen molar-refractivity contribution >= 4 is 22.9 Å². The number of hydrogen-bond acceptors (Lipinski definition) is 3. The minimum absolute atomic E-state index is 0.338. The molecule has 0 saturated carbocycles. The average molecular weight is 276 g/mol. The highest BCUT2D eigenvalue weighted by atomic mass is 35.5. The van der Waals surface area contributed by atoms with Gasteiger partial charge in [0.05, 0.1) is 5.41 Å². The van der Waals surface area contributed by atoms with E-state index in [0.717, 1.165) is 6.42 Å². The van der Waals surface area contributed by atoms with E-state index in [2.05, 4.69) is 0 Å². The monoisotopic (exact) mass is 275 g/mol. The van der Waals surface area contributed by atoms with Crippen LogP contribution < -0.4 is 0 Å². The van der Waals surface area contributed by atoms with Crippen molar-refractivity contribution in [1.29, 1.82) is 0 Å². The van der Waals surface area contributed by atoms with Gasteiger partial charge in [0.15, 0.2) is 0 Å². The van der Waals surface area contributed by atoms with Gasteiger partial charge in [0, 0.05) is 13.1 Å². The van der Waals surface area contributed by atoms with Crippen molar-refractivity contribution in [3.05, 3.63) is 0 Å². The highest BCUT2D eigenvalue weighted by Gasteiger charge is 2.45.